The maximum atomic E-state index is 9.47. The third-order valence-electron chi connectivity index (χ3n) is 2.96. The summed E-state index contributed by atoms with van der Waals surface area (Å²) in [4.78, 5) is 0. The van der Waals surface area contributed by atoms with Crippen LogP contribution in [0.2, 0.25) is 0 Å². The molecule has 2 rings (SSSR count). The van der Waals surface area contributed by atoms with Gasteiger partial charge in [-0.25, -0.2) is 0 Å². The van der Waals surface area contributed by atoms with Gasteiger partial charge in [0.05, 0.1) is 12.2 Å². The van der Waals surface area contributed by atoms with Gasteiger partial charge in [-0.3, -0.25) is 0 Å². The number of aliphatic hydroxyl groups excluding tert-OH is 1. The second-order valence-corrected chi connectivity index (χ2v) is 4.42. The van der Waals surface area contributed by atoms with E-state index in [4.69, 9.17) is 4.74 Å². The molecule has 2 heteroatoms. The van der Waals surface area contributed by atoms with Crippen LogP contribution < -0.4 is 4.74 Å². The van der Waals surface area contributed by atoms with Crippen LogP contribution in [0.1, 0.15) is 38.2 Å². The molecule has 2 nitrogen and oxygen atoms in total. The van der Waals surface area contributed by atoms with Crippen molar-refractivity contribution < 1.29 is 9.84 Å². The zero-order valence-electron chi connectivity index (χ0n) is 9.31. The molecule has 2 unspecified atom stereocenters. The highest BCUT2D eigenvalue weighted by molar-refractivity contribution is 5.30. The maximum absolute atomic E-state index is 9.47. The number of ether oxygens (including phenoxy) is 1. The predicted molar refractivity (Wildman–Crippen MR) is 60.2 cm³/mol. The molecule has 82 valence electrons. The Balaban J connectivity index is 2.02. The van der Waals surface area contributed by atoms with Crippen LogP contribution in [0.3, 0.4) is 0 Å². The van der Waals surface area contributed by atoms with E-state index in [-0.39, 0.29) is 12.0 Å². The van der Waals surface area contributed by atoms with Gasteiger partial charge in [0.1, 0.15) is 5.75 Å². The van der Waals surface area contributed by atoms with Gasteiger partial charge in [0.2, 0.25) is 0 Å². The first-order valence-corrected chi connectivity index (χ1v) is 5.61. The quantitative estimate of drug-likeness (QED) is 0.820. The Hall–Kier alpha value is -1.02. The zero-order chi connectivity index (χ0) is 10.8. The SMILES string of the molecule is CC(O)C(C)c1ccc(OC2CC2)cc1. The van der Waals surface area contributed by atoms with Crippen molar-refractivity contribution >= 4 is 0 Å². The minimum Gasteiger partial charge on any atom is -0.490 e. The van der Waals surface area contributed by atoms with Crippen LogP contribution in [-0.4, -0.2) is 17.3 Å². The summed E-state index contributed by atoms with van der Waals surface area (Å²) in [6.07, 6.45) is 2.52. The molecule has 0 aliphatic heterocycles. The molecule has 15 heavy (non-hydrogen) atoms. The van der Waals surface area contributed by atoms with Crippen molar-refractivity contribution in [1.82, 2.24) is 0 Å². The minimum atomic E-state index is -0.305. The molecule has 0 saturated heterocycles. The Morgan fingerprint density at radius 1 is 1.20 bits per heavy atom. The van der Waals surface area contributed by atoms with Crippen LogP contribution in [0, 0.1) is 0 Å². The van der Waals surface area contributed by atoms with Gasteiger partial charge in [0.25, 0.3) is 0 Å². The molecule has 2 atom stereocenters. The standard InChI is InChI=1S/C13H18O2/c1-9(10(2)14)11-3-5-12(6-4-11)15-13-7-8-13/h3-6,9-10,13-14H,7-8H2,1-2H3. The second-order valence-electron chi connectivity index (χ2n) is 4.42. The van der Waals surface area contributed by atoms with E-state index in [0.29, 0.717) is 6.10 Å². The van der Waals surface area contributed by atoms with Crippen molar-refractivity contribution in [2.24, 2.45) is 0 Å². The number of hydrogen-bond acceptors (Lipinski definition) is 2. The second kappa shape index (κ2) is 4.23. The molecule has 1 saturated carbocycles. The molecule has 0 heterocycles. The summed E-state index contributed by atoms with van der Waals surface area (Å²) in [7, 11) is 0. The summed E-state index contributed by atoms with van der Waals surface area (Å²) in [5.41, 5.74) is 1.16. The molecule has 0 bridgehead atoms. The molecular formula is C13H18O2. The van der Waals surface area contributed by atoms with Crippen LogP contribution in [0.5, 0.6) is 5.75 Å². The van der Waals surface area contributed by atoms with E-state index in [1.54, 1.807) is 0 Å². The Morgan fingerprint density at radius 3 is 2.27 bits per heavy atom. The molecule has 0 radical (unpaired) electrons. The maximum Gasteiger partial charge on any atom is 0.119 e. The first-order chi connectivity index (χ1) is 7.16. The molecule has 1 aromatic rings. The van der Waals surface area contributed by atoms with Crippen LogP contribution in [0.25, 0.3) is 0 Å². The van der Waals surface area contributed by atoms with Gasteiger partial charge in [-0.2, -0.15) is 0 Å². The molecule has 0 spiro atoms. The van der Waals surface area contributed by atoms with Crippen molar-refractivity contribution in [1.29, 1.82) is 0 Å². The van der Waals surface area contributed by atoms with E-state index in [9.17, 15) is 5.11 Å². The van der Waals surface area contributed by atoms with Crippen LogP contribution in [0.15, 0.2) is 24.3 Å². The molecule has 1 fully saturated rings. The zero-order valence-corrected chi connectivity index (χ0v) is 9.31. The number of benzene rings is 1. The fourth-order valence-corrected chi connectivity index (χ4v) is 1.51. The highest BCUT2D eigenvalue weighted by atomic mass is 16.5. The van der Waals surface area contributed by atoms with Crippen molar-refractivity contribution in [2.45, 2.75) is 44.8 Å². The summed E-state index contributed by atoms with van der Waals surface area (Å²) >= 11 is 0. The lowest BCUT2D eigenvalue weighted by atomic mass is 9.96. The van der Waals surface area contributed by atoms with E-state index in [2.05, 4.69) is 0 Å². The summed E-state index contributed by atoms with van der Waals surface area (Å²) < 4.78 is 5.66. The van der Waals surface area contributed by atoms with Gasteiger partial charge in [-0.15, -0.1) is 0 Å². The molecule has 0 aromatic heterocycles. The summed E-state index contributed by atoms with van der Waals surface area (Å²) in [5.74, 6) is 1.12. The number of hydrogen-bond donors (Lipinski definition) is 1. The van der Waals surface area contributed by atoms with E-state index in [1.807, 2.05) is 38.1 Å². The highest BCUT2D eigenvalue weighted by Gasteiger charge is 2.23. The largest absolute Gasteiger partial charge is 0.490 e. The topological polar surface area (TPSA) is 29.5 Å². The third kappa shape index (κ3) is 2.72. The van der Waals surface area contributed by atoms with E-state index < -0.39 is 0 Å². The summed E-state index contributed by atoms with van der Waals surface area (Å²) in [6.45, 7) is 3.85. The molecule has 1 aliphatic carbocycles. The molecule has 1 aliphatic rings. The Bertz CT molecular complexity index is 312. The lowest BCUT2D eigenvalue weighted by molar-refractivity contribution is 0.169. The van der Waals surface area contributed by atoms with Crippen molar-refractivity contribution in [3.63, 3.8) is 0 Å². The molecule has 1 N–H and O–H groups in total. The number of aliphatic hydroxyl groups is 1. The lowest BCUT2D eigenvalue weighted by Crippen LogP contribution is -2.10. The van der Waals surface area contributed by atoms with Gasteiger partial charge in [0, 0.05) is 5.92 Å². The Kier molecular flexibility index (Phi) is 2.96. The van der Waals surface area contributed by atoms with Gasteiger partial charge in [-0.05, 0) is 37.5 Å². The van der Waals surface area contributed by atoms with Gasteiger partial charge < -0.3 is 9.84 Å². The minimum absolute atomic E-state index is 0.181. The first-order valence-electron chi connectivity index (χ1n) is 5.61. The van der Waals surface area contributed by atoms with Crippen molar-refractivity contribution in [3.8, 4) is 5.75 Å². The van der Waals surface area contributed by atoms with E-state index in [0.717, 1.165) is 11.3 Å². The van der Waals surface area contributed by atoms with Gasteiger partial charge in [0.15, 0.2) is 0 Å². The third-order valence-corrected chi connectivity index (χ3v) is 2.96. The fraction of sp³-hybridized carbons (Fsp3) is 0.538. The van der Waals surface area contributed by atoms with Crippen molar-refractivity contribution in [3.05, 3.63) is 29.8 Å². The van der Waals surface area contributed by atoms with E-state index >= 15 is 0 Å². The number of rotatable bonds is 4. The average Bonchev–Trinajstić information content (AvgIpc) is 3.02. The lowest BCUT2D eigenvalue weighted by Gasteiger charge is -2.15. The van der Waals surface area contributed by atoms with Crippen LogP contribution in [0.4, 0.5) is 0 Å². The Morgan fingerprint density at radius 2 is 1.80 bits per heavy atom. The summed E-state index contributed by atoms with van der Waals surface area (Å²) in [5, 5.41) is 9.47. The average molecular weight is 206 g/mol. The smallest absolute Gasteiger partial charge is 0.119 e. The molecular weight excluding hydrogens is 188 g/mol. The highest BCUT2D eigenvalue weighted by Crippen LogP contribution is 2.28. The Labute approximate surface area is 90.9 Å². The molecule has 0 amide bonds. The van der Waals surface area contributed by atoms with Crippen LogP contribution >= 0.6 is 0 Å². The predicted octanol–water partition coefficient (Wildman–Crippen LogP) is 2.71. The summed E-state index contributed by atoms with van der Waals surface area (Å²) in [6, 6.07) is 8.06. The van der Waals surface area contributed by atoms with E-state index in [1.165, 1.54) is 12.8 Å². The van der Waals surface area contributed by atoms with Crippen molar-refractivity contribution in [2.75, 3.05) is 0 Å². The molecule has 1 aromatic carbocycles. The van der Waals surface area contributed by atoms with Gasteiger partial charge >= 0.3 is 0 Å². The van der Waals surface area contributed by atoms with Gasteiger partial charge in [-0.1, -0.05) is 19.1 Å². The first kappa shape index (κ1) is 10.5. The normalized spacial score (nSPS) is 19.7. The fourth-order valence-electron chi connectivity index (χ4n) is 1.51. The monoisotopic (exact) mass is 206 g/mol. The van der Waals surface area contributed by atoms with Crippen LogP contribution in [-0.2, 0) is 0 Å².